The number of carbonyl (C=O) groups is 2. The van der Waals surface area contributed by atoms with Crippen molar-refractivity contribution in [2.75, 3.05) is 4.90 Å². The van der Waals surface area contributed by atoms with Crippen LogP contribution in [0.3, 0.4) is 0 Å². The third-order valence-corrected chi connectivity index (χ3v) is 5.83. The van der Waals surface area contributed by atoms with Crippen LogP contribution in [-0.2, 0) is 9.59 Å². The minimum Gasteiger partial charge on any atom is -0.274 e. The molecule has 1 aromatic rings. The molecule has 0 aromatic carbocycles. The smallest absolute Gasteiger partial charge is 0.239 e. The molecule has 3 fully saturated rings. The van der Waals surface area contributed by atoms with E-state index in [1.165, 1.54) is 17.5 Å². The third-order valence-electron chi connectivity index (χ3n) is 5.60. The second kappa shape index (κ2) is 3.74. The molecule has 5 heteroatoms. The second-order valence-corrected chi connectivity index (χ2v) is 6.94. The lowest BCUT2D eigenvalue weighted by Crippen LogP contribution is -2.40. The van der Waals surface area contributed by atoms with E-state index in [2.05, 4.69) is 17.1 Å². The number of carbonyl (C=O) groups excluding carboxylic acids is 2. The minimum atomic E-state index is -0.183. The first-order chi connectivity index (χ1) is 10.2. The van der Waals surface area contributed by atoms with Gasteiger partial charge in [-0.15, -0.1) is 0 Å². The number of hydrogen-bond acceptors (Lipinski definition) is 3. The van der Waals surface area contributed by atoms with E-state index in [9.17, 15) is 9.59 Å². The molecule has 2 heterocycles. The highest BCUT2D eigenvalue weighted by Crippen LogP contribution is 2.65. The highest BCUT2D eigenvalue weighted by Gasteiger charge is 2.67. The van der Waals surface area contributed by atoms with Gasteiger partial charge in [0.15, 0.2) is 0 Å². The number of anilines is 1. The molecular weight excluding hydrogens is 288 g/mol. The normalized spacial score (nSPS) is 42.2. The molecule has 4 aliphatic carbocycles. The van der Waals surface area contributed by atoms with Crippen molar-refractivity contribution in [3.63, 3.8) is 0 Å². The number of amides is 2. The molecule has 106 valence electrons. The van der Waals surface area contributed by atoms with Crippen molar-refractivity contribution in [1.29, 1.82) is 0 Å². The largest absolute Gasteiger partial charge is 0.274 e. The van der Waals surface area contributed by atoms with Gasteiger partial charge in [-0.25, -0.2) is 9.88 Å². The topological polar surface area (TPSA) is 50.3 Å². The fourth-order valence-electron chi connectivity index (χ4n) is 4.70. The maximum absolute atomic E-state index is 12.8. The number of nitrogens with zero attached hydrogens (tertiary/aromatic N) is 2. The van der Waals surface area contributed by atoms with Gasteiger partial charge in [0, 0.05) is 17.3 Å². The Labute approximate surface area is 126 Å². The summed E-state index contributed by atoms with van der Waals surface area (Å²) in [5, 5.41) is 0.486. The summed E-state index contributed by atoms with van der Waals surface area (Å²) in [4.78, 5) is 31.0. The zero-order valence-electron chi connectivity index (χ0n) is 11.1. The zero-order valence-corrected chi connectivity index (χ0v) is 11.9. The Morgan fingerprint density at radius 1 is 1.10 bits per heavy atom. The zero-order chi connectivity index (χ0) is 14.3. The first kappa shape index (κ1) is 11.9. The van der Waals surface area contributed by atoms with Gasteiger partial charge in [0.25, 0.3) is 0 Å². The average Bonchev–Trinajstić information content (AvgIpc) is 3.24. The predicted molar refractivity (Wildman–Crippen MR) is 76.4 cm³/mol. The van der Waals surface area contributed by atoms with Crippen molar-refractivity contribution >= 4 is 29.2 Å². The maximum atomic E-state index is 12.8. The van der Waals surface area contributed by atoms with E-state index >= 15 is 0 Å². The van der Waals surface area contributed by atoms with Crippen molar-refractivity contribution in [2.24, 2.45) is 35.5 Å². The molecule has 1 saturated heterocycles. The first-order valence-corrected chi connectivity index (χ1v) is 7.72. The van der Waals surface area contributed by atoms with E-state index < -0.39 is 0 Å². The fraction of sp³-hybridized carbons (Fsp3) is 0.438. The van der Waals surface area contributed by atoms with Gasteiger partial charge in [-0.3, -0.25) is 9.59 Å². The molecule has 4 nitrogen and oxygen atoms in total. The molecule has 5 aliphatic rings. The Morgan fingerprint density at radius 2 is 1.71 bits per heavy atom. The van der Waals surface area contributed by atoms with E-state index in [0.29, 0.717) is 22.7 Å². The summed E-state index contributed by atoms with van der Waals surface area (Å²) in [6.07, 6.45) is 7.04. The summed E-state index contributed by atoms with van der Waals surface area (Å²) >= 11 is 5.97. The van der Waals surface area contributed by atoms with Crippen LogP contribution in [0.5, 0.6) is 0 Å². The highest BCUT2D eigenvalue weighted by atomic mass is 35.5. The average molecular weight is 301 g/mol. The molecule has 0 unspecified atom stereocenters. The van der Waals surface area contributed by atoms with Gasteiger partial charge in [-0.2, -0.15) is 0 Å². The summed E-state index contributed by atoms with van der Waals surface area (Å²) in [5.74, 6) is 1.52. The molecule has 6 rings (SSSR count). The van der Waals surface area contributed by atoms with Crippen molar-refractivity contribution in [3.05, 3.63) is 35.5 Å². The van der Waals surface area contributed by atoms with Crippen LogP contribution < -0.4 is 4.90 Å². The van der Waals surface area contributed by atoms with Crippen LogP contribution in [0, 0.1) is 35.5 Å². The summed E-state index contributed by atoms with van der Waals surface area (Å²) in [6, 6.07) is 3.23. The van der Waals surface area contributed by atoms with Gasteiger partial charge in [-0.05, 0) is 36.2 Å². The van der Waals surface area contributed by atoms with Crippen molar-refractivity contribution < 1.29 is 9.59 Å². The Morgan fingerprint density at radius 3 is 2.29 bits per heavy atom. The maximum Gasteiger partial charge on any atom is 0.239 e. The number of hydrogen-bond donors (Lipinski definition) is 0. The lowest BCUT2D eigenvalue weighted by molar-refractivity contribution is -0.124. The van der Waals surface area contributed by atoms with Gasteiger partial charge in [0.2, 0.25) is 11.8 Å². The van der Waals surface area contributed by atoms with E-state index in [4.69, 9.17) is 11.6 Å². The molecular formula is C16H13ClN2O2. The van der Waals surface area contributed by atoms with E-state index in [0.717, 1.165) is 0 Å². The van der Waals surface area contributed by atoms with Gasteiger partial charge in [0.05, 0.1) is 11.8 Å². The first-order valence-electron chi connectivity index (χ1n) is 7.34. The van der Waals surface area contributed by atoms with Gasteiger partial charge >= 0.3 is 0 Å². The molecule has 2 bridgehead atoms. The van der Waals surface area contributed by atoms with E-state index in [1.54, 1.807) is 12.1 Å². The van der Waals surface area contributed by atoms with Crippen LogP contribution in [0.25, 0.3) is 0 Å². The third kappa shape index (κ3) is 1.39. The molecule has 0 radical (unpaired) electrons. The number of rotatable bonds is 1. The van der Waals surface area contributed by atoms with Crippen LogP contribution in [0.15, 0.2) is 30.5 Å². The molecule has 2 amide bonds. The van der Waals surface area contributed by atoms with Crippen molar-refractivity contribution in [3.8, 4) is 0 Å². The molecule has 21 heavy (non-hydrogen) atoms. The number of aromatic nitrogens is 1. The van der Waals surface area contributed by atoms with Crippen molar-refractivity contribution in [2.45, 2.75) is 6.42 Å². The predicted octanol–water partition coefficient (Wildman–Crippen LogP) is 2.29. The summed E-state index contributed by atoms with van der Waals surface area (Å²) in [6.45, 7) is 0. The van der Waals surface area contributed by atoms with Gasteiger partial charge in [0.1, 0.15) is 5.82 Å². The van der Waals surface area contributed by atoms with Crippen LogP contribution in [0.2, 0.25) is 5.02 Å². The van der Waals surface area contributed by atoms with Crippen LogP contribution in [0.4, 0.5) is 5.82 Å². The second-order valence-electron chi connectivity index (χ2n) is 6.50. The standard InChI is InChI=1S/C16H13ClN2O2/c17-7-3-4-18-12(5-7)19-15(20)13-8-1-2-9(11-6-10(8)11)14(13)16(19)21/h1-5,8-11,13-14H,6H2/t8-,9+,10-,11+,13-,14+. The number of allylic oxidation sites excluding steroid dienone is 2. The van der Waals surface area contributed by atoms with Crippen LogP contribution in [0.1, 0.15) is 6.42 Å². The number of halogens is 1. The molecule has 1 aliphatic heterocycles. The lowest BCUT2D eigenvalue weighted by atomic mass is 9.63. The van der Waals surface area contributed by atoms with Gasteiger partial charge < -0.3 is 0 Å². The summed E-state index contributed by atoms with van der Waals surface area (Å²) in [5.41, 5.74) is 0. The van der Waals surface area contributed by atoms with Crippen molar-refractivity contribution in [1.82, 2.24) is 4.98 Å². The van der Waals surface area contributed by atoms with Crippen LogP contribution in [-0.4, -0.2) is 16.8 Å². The molecule has 2 saturated carbocycles. The quantitative estimate of drug-likeness (QED) is 0.590. The number of pyridine rings is 1. The highest BCUT2D eigenvalue weighted by molar-refractivity contribution is 6.31. The molecule has 6 atom stereocenters. The molecule has 0 N–H and O–H groups in total. The van der Waals surface area contributed by atoms with Crippen LogP contribution >= 0.6 is 11.6 Å². The number of imide groups is 1. The summed E-state index contributed by atoms with van der Waals surface area (Å²) in [7, 11) is 0. The molecule has 1 aromatic heterocycles. The Bertz CT molecular complexity index is 680. The lowest BCUT2D eigenvalue weighted by Gasteiger charge is -2.37. The van der Waals surface area contributed by atoms with Gasteiger partial charge in [-0.1, -0.05) is 23.8 Å². The SMILES string of the molecule is O=C1[C@@H]2[C@@H]3C=C[C@@H]([C@@H]4C[C@H]34)[C@@H]2C(=O)N1c1cc(Cl)ccn1. The molecule has 0 spiro atoms. The van der Waals surface area contributed by atoms with E-state index in [1.807, 2.05) is 0 Å². The Kier molecular flexibility index (Phi) is 2.12. The Hall–Kier alpha value is -1.68. The minimum absolute atomic E-state index is 0.0931. The fourth-order valence-corrected chi connectivity index (χ4v) is 4.85. The Balaban J connectivity index is 1.60. The summed E-state index contributed by atoms with van der Waals surface area (Å²) < 4.78 is 0. The monoisotopic (exact) mass is 300 g/mol. The van der Waals surface area contributed by atoms with E-state index in [-0.39, 0.29) is 35.5 Å².